The fourth-order valence-corrected chi connectivity index (χ4v) is 4.86. The van der Waals surface area contributed by atoms with Crippen LogP contribution < -0.4 is 0 Å². The Morgan fingerprint density at radius 2 is 2.22 bits per heavy atom. The Morgan fingerprint density at radius 1 is 1.44 bits per heavy atom. The molecular formula is C14H19NO2S. The largest absolute Gasteiger partial charge is 0.298 e. The second kappa shape index (κ2) is 4.19. The van der Waals surface area contributed by atoms with Crippen LogP contribution in [0.1, 0.15) is 46.0 Å². The maximum atomic E-state index is 11.9. The molecule has 1 aliphatic heterocycles. The molecule has 98 valence electrons. The zero-order valence-corrected chi connectivity index (χ0v) is 11.8. The average molecular weight is 265 g/mol. The maximum Gasteiger partial charge on any atom is 0.270 e. The van der Waals surface area contributed by atoms with Gasteiger partial charge in [0.2, 0.25) is 0 Å². The topological polar surface area (TPSA) is 46.5 Å². The van der Waals surface area contributed by atoms with Gasteiger partial charge in [-0.25, -0.2) is 4.99 Å². The van der Waals surface area contributed by atoms with E-state index < -0.39 is 4.75 Å². The van der Waals surface area contributed by atoms with Crippen LogP contribution in [0.3, 0.4) is 0 Å². The summed E-state index contributed by atoms with van der Waals surface area (Å²) in [5.41, 5.74) is 0. The highest BCUT2D eigenvalue weighted by Crippen LogP contribution is 2.51. The lowest BCUT2D eigenvalue weighted by molar-refractivity contribution is -0.127. The molecule has 1 amide bonds. The Balaban J connectivity index is 1.67. The molecule has 18 heavy (non-hydrogen) atoms. The standard InChI is InChI=1S/C14H19NO2S/c1-8(16)14(2)13(17)15-12(18-14)7-11-6-9-3-4-10(11)5-9/h9-11H,3-7H2,1-2H3/t9-,10+,11-,14-/m1/s1. The van der Waals surface area contributed by atoms with E-state index in [1.54, 1.807) is 6.92 Å². The molecule has 0 radical (unpaired) electrons. The summed E-state index contributed by atoms with van der Waals surface area (Å²) >= 11 is 1.39. The summed E-state index contributed by atoms with van der Waals surface area (Å²) in [6.45, 7) is 3.19. The van der Waals surface area contributed by atoms with E-state index >= 15 is 0 Å². The van der Waals surface area contributed by atoms with Gasteiger partial charge in [0.25, 0.3) is 5.91 Å². The number of carbonyl (C=O) groups excluding carboxylic acids is 2. The van der Waals surface area contributed by atoms with Crippen molar-refractivity contribution in [2.45, 2.75) is 50.7 Å². The van der Waals surface area contributed by atoms with Crippen molar-refractivity contribution in [2.75, 3.05) is 0 Å². The molecule has 3 rings (SSSR count). The fourth-order valence-electron chi connectivity index (χ4n) is 3.68. The number of thioether (sulfide) groups is 1. The van der Waals surface area contributed by atoms with Gasteiger partial charge < -0.3 is 0 Å². The summed E-state index contributed by atoms with van der Waals surface area (Å²) in [6, 6.07) is 0. The van der Waals surface area contributed by atoms with Crippen LogP contribution in [-0.2, 0) is 9.59 Å². The zero-order valence-electron chi connectivity index (χ0n) is 10.9. The van der Waals surface area contributed by atoms with E-state index in [9.17, 15) is 9.59 Å². The third kappa shape index (κ3) is 1.85. The molecule has 4 atom stereocenters. The van der Waals surface area contributed by atoms with Crippen LogP contribution in [0.25, 0.3) is 0 Å². The molecule has 2 bridgehead atoms. The molecule has 4 heteroatoms. The summed E-state index contributed by atoms with van der Waals surface area (Å²) in [7, 11) is 0. The van der Waals surface area contributed by atoms with Crippen LogP contribution in [0.2, 0.25) is 0 Å². The predicted molar refractivity (Wildman–Crippen MR) is 72.7 cm³/mol. The smallest absolute Gasteiger partial charge is 0.270 e. The third-order valence-electron chi connectivity index (χ3n) is 4.95. The number of Topliss-reactive ketones (excluding diaryl/α,β-unsaturated/α-hetero) is 1. The van der Waals surface area contributed by atoms with Gasteiger partial charge in [0, 0.05) is 0 Å². The van der Waals surface area contributed by atoms with Crippen molar-refractivity contribution in [1.29, 1.82) is 0 Å². The first-order valence-corrected chi connectivity index (χ1v) is 7.62. The molecule has 3 nitrogen and oxygen atoms in total. The lowest BCUT2D eigenvalue weighted by Gasteiger charge is -2.22. The minimum Gasteiger partial charge on any atom is -0.298 e. The van der Waals surface area contributed by atoms with E-state index in [-0.39, 0.29) is 11.7 Å². The molecule has 0 unspecified atom stereocenters. The second-order valence-corrected chi connectivity index (χ2v) is 7.63. The molecule has 0 saturated heterocycles. The Labute approximate surface area is 112 Å². The molecule has 0 N–H and O–H groups in total. The zero-order chi connectivity index (χ0) is 12.9. The third-order valence-corrected chi connectivity index (χ3v) is 6.31. The van der Waals surface area contributed by atoms with Crippen LogP contribution in [0, 0.1) is 17.8 Å². The monoisotopic (exact) mass is 265 g/mol. The quantitative estimate of drug-likeness (QED) is 0.737. The van der Waals surface area contributed by atoms with Crippen LogP contribution in [-0.4, -0.2) is 21.5 Å². The van der Waals surface area contributed by atoms with Gasteiger partial charge in [-0.3, -0.25) is 9.59 Å². The Bertz CT molecular complexity index is 445. The van der Waals surface area contributed by atoms with E-state index in [1.165, 1.54) is 44.4 Å². The van der Waals surface area contributed by atoms with E-state index in [4.69, 9.17) is 0 Å². The van der Waals surface area contributed by atoms with Gasteiger partial charge in [0.05, 0.1) is 5.04 Å². The number of aliphatic imine (C=N–C) groups is 1. The number of carbonyl (C=O) groups is 2. The molecule has 2 saturated carbocycles. The van der Waals surface area contributed by atoms with Gasteiger partial charge in [-0.05, 0) is 57.3 Å². The van der Waals surface area contributed by atoms with E-state index in [0.29, 0.717) is 5.92 Å². The Hall–Kier alpha value is -0.640. The van der Waals surface area contributed by atoms with Crippen molar-refractivity contribution in [2.24, 2.45) is 22.7 Å². The number of hydrogen-bond acceptors (Lipinski definition) is 3. The first-order chi connectivity index (χ1) is 8.49. The van der Waals surface area contributed by atoms with Crippen molar-refractivity contribution >= 4 is 28.5 Å². The number of fused-ring (bicyclic) bond motifs is 2. The van der Waals surface area contributed by atoms with Crippen LogP contribution in [0.15, 0.2) is 4.99 Å². The van der Waals surface area contributed by atoms with Gasteiger partial charge in [-0.15, -0.1) is 0 Å². The molecule has 0 aromatic rings. The summed E-state index contributed by atoms with van der Waals surface area (Å²) in [5, 5.41) is 0.898. The van der Waals surface area contributed by atoms with E-state index in [0.717, 1.165) is 23.3 Å². The van der Waals surface area contributed by atoms with Crippen LogP contribution >= 0.6 is 11.8 Å². The molecule has 0 aromatic heterocycles. The molecule has 3 aliphatic rings. The molecule has 0 spiro atoms. The van der Waals surface area contributed by atoms with E-state index in [1.807, 2.05) is 0 Å². The van der Waals surface area contributed by atoms with Crippen molar-refractivity contribution in [3.63, 3.8) is 0 Å². The maximum absolute atomic E-state index is 11.9. The highest BCUT2D eigenvalue weighted by molar-refractivity contribution is 8.16. The van der Waals surface area contributed by atoms with Crippen molar-refractivity contribution in [3.05, 3.63) is 0 Å². The highest BCUT2D eigenvalue weighted by Gasteiger charge is 2.47. The van der Waals surface area contributed by atoms with Gasteiger partial charge >= 0.3 is 0 Å². The molecule has 1 heterocycles. The molecule has 2 aliphatic carbocycles. The molecular weight excluding hydrogens is 246 g/mol. The fraction of sp³-hybridized carbons (Fsp3) is 0.786. The molecule has 2 fully saturated rings. The van der Waals surface area contributed by atoms with Crippen molar-refractivity contribution < 1.29 is 9.59 Å². The van der Waals surface area contributed by atoms with E-state index in [2.05, 4.69) is 4.99 Å². The molecule has 0 aromatic carbocycles. The number of nitrogens with zero attached hydrogens (tertiary/aromatic N) is 1. The minimum absolute atomic E-state index is 0.0795. The van der Waals surface area contributed by atoms with Gasteiger partial charge in [-0.2, -0.15) is 0 Å². The predicted octanol–water partition coefficient (Wildman–Crippen LogP) is 2.83. The number of rotatable bonds is 3. The lowest BCUT2D eigenvalue weighted by atomic mass is 9.87. The first-order valence-electron chi connectivity index (χ1n) is 6.81. The SMILES string of the molecule is CC(=O)[C@@]1(C)SC(C[C@H]2C[C@@H]3CC[C@H]2C3)=NC1=O. The van der Waals surface area contributed by atoms with Crippen LogP contribution in [0.5, 0.6) is 0 Å². The first kappa shape index (κ1) is 12.4. The van der Waals surface area contributed by atoms with Gasteiger partial charge in [-0.1, -0.05) is 18.2 Å². The summed E-state index contributed by atoms with van der Waals surface area (Å²) < 4.78 is -0.938. The number of ketones is 1. The Kier molecular flexibility index (Phi) is 2.88. The Morgan fingerprint density at radius 3 is 2.72 bits per heavy atom. The minimum atomic E-state index is -0.938. The number of hydrogen-bond donors (Lipinski definition) is 0. The van der Waals surface area contributed by atoms with Gasteiger partial charge in [0.1, 0.15) is 0 Å². The average Bonchev–Trinajstić information content (AvgIpc) is 2.95. The van der Waals surface area contributed by atoms with Gasteiger partial charge in [0.15, 0.2) is 10.5 Å². The van der Waals surface area contributed by atoms with Crippen molar-refractivity contribution in [1.82, 2.24) is 0 Å². The van der Waals surface area contributed by atoms with Crippen molar-refractivity contribution in [3.8, 4) is 0 Å². The normalized spacial score (nSPS) is 42.4. The summed E-state index contributed by atoms with van der Waals surface area (Å²) in [4.78, 5) is 27.6. The second-order valence-electron chi connectivity index (χ2n) is 6.14. The number of amides is 1. The summed E-state index contributed by atoms with van der Waals surface area (Å²) in [6.07, 6.45) is 6.34. The van der Waals surface area contributed by atoms with Crippen LogP contribution in [0.4, 0.5) is 0 Å². The highest BCUT2D eigenvalue weighted by atomic mass is 32.2. The summed E-state index contributed by atoms with van der Waals surface area (Å²) in [5.74, 6) is 2.14. The lowest BCUT2D eigenvalue weighted by Crippen LogP contribution is -2.35.